The number of anilines is 1. The molecule has 3 heteroatoms. The van der Waals surface area contributed by atoms with E-state index in [0.29, 0.717) is 5.17 Å². The molecule has 0 aliphatic heterocycles. The van der Waals surface area contributed by atoms with Crippen LogP contribution < -0.4 is 9.64 Å². The number of hydrogen-bond donors (Lipinski definition) is 0. The topological polar surface area (TPSA) is 12.5 Å². The van der Waals surface area contributed by atoms with E-state index >= 15 is 0 Å². The van der Waals surface area contributed by atoms with Crippen LogP contribution in [-0.4, -0.2) is 12.2 Å². The molecule has 0 fully saturated rings. The van der Waals surface area contributed by atoms with Crippen molar-refractivity contribution in [2.75, 3.05) is 11.9 Å². The van der Waals surface area contributed by atoms with Crippen molar-refractivity contribution in [1.29, 1.82) is 0 Å². The van der Waals surface area contributed by atoms with E-state index in [0.717, 1.165) is 11.4 Å². The molecule has 0 aliphatic carbocycles. The zero-order valence-corrected chi connectivity index (χ0v) is 11.3. The molecule has 0 saturated carbocycles. The lowest BCUT2D eigenvalue weighted by atomic mass is 10.2. The van der Waals surface area contributed by atoms with Gasteiger partial charge in [0.25, 0.3) is 5.17 Å². The van der Waals surface area contributed by atoms with Gasteiger partial charge in [0.15, 0.2) is 0 Å². The first-order chi connectivity index (χ1) is 8.66. The van der Waals surface area contributed by atoms with Crippen LogP contribution in [0.5, 0.6) is 5.75 Å². The second-order valence-corrected chi connectivity index (χ2v) is 4.42. The van der Waals surface area contributed by atoms with Crippen LogP contribution >= 0.6 is 12.2 Å². The van der Waals surface area contributed by atoms with Gasteiger partial charge in [0.1, 0.15) is 5.75 Å². The molecule has 18 heavy (non-hydrogen) atoms. The minimum atomic E-state index is 0.435. The third-order valence-electron chi connectivity index (χ3n) is 2.64. The van der Waals surface area contributed by atoms with Crippen molar-refractivity contribution in [3.8, 4) is 5.75 Å². The van der Waals surface area contributed by atoms with Gasteiger partial charge >= 0.3 is 0 Å². The van der Waals surface area contributed by atoms with Crippen LogP contribution in [0.2, 0.25) is 0 Å². The Morgan fingerprint density at radius 3 is 2.22 bits per heavy atom. The first-order valence-corrected chi connectivity index (χ1v) is 6.15. The number of rotatable bonds is 2. The largest absolute Gasteiger partial charge is 0.432 e. The van der Waals surface area contributed by atoms with Crippen molar-refractivity contribution in [3.05, 3.63) is 60.2 Å². The Morgan fingerprint density at radius 2 is 1.61 bits per heavy atom. The molecule has 0 bridgehead atoms. The second-order valence-electron chi connectivity index (χ2n) is 4.08. The minimum absolute atomic E-state index is 0.435. The maximum atomic E-state index is 5.64. The summed E-state index contributed by atoms with van der Waals surface area (Å²) < 4.78 is 5.64. The van der Waals surface area contributed by atoms with Crippen molar-refractivity contribution in [2.45, 2.75) is 6.92 Å². The molecule has 0 amide bonds. The molecule has 0 spiro atoms. The molecule has 0 aromatic heterocycles. The fourth-order valence-corrected chi connectivity index (χ4v) is 1.73. The highest BCUT2D eigenvalue weighted by atomic mass is 32.1. The summed E-state index contributed by atoms with van der Waals surface area (Å²) in [6.45, 7) is 2.04. The molecule has 0 radical (unpaired) electrons. The molecule has 2 nitrogen and oxygen atoms in total. The molecule has 0 aliphatic rings. The van der Waals surface area contributed by atoms with E-state index in [1.165, 1.54) is 5.56 Å². The van der Waals surface area contributed by atoms with E-state index in [-0.39, 0.29) is 0 Å². The van der Waals surface area contributed by atoms with Gasteiger partial charge in [-0.1, -0.05) is 35.9 Å². The highest BCUT2D eigenvalue weighted by molar-refractivity contribution is 7.80. The standard InChI is InChI=1S/C15H15NOS/c1-12-8-10-14(11-9-12)17-15(18)16(2)13-6-4-3-5-7-13/h3-11H,1-2H3. The van der Waals surface area contributed by atoms with Crippen LogP contribution in [0.1, 0.15) is 5.56 Å². The molecule has 0 heterocycles. The third-order valence-corrected chi connectivity index (χ3v) is 3.00. The zero-order valence-electron chi connectivity index (χ0n) is 10.5. The number of nitrogens with zero attached hydrogens (tertiary/aromatic N) is 1. The maximum Gasteiger partial charge on any atom is 0.269 e. The van der Waals surface area contributed by atoms with Gasteiger partial charge in [-0.05, 0) is 43.4 Å². The van der Waals surface area contributed by atoms with E-state index in [1.54, 1.807) is 0 Å². The van der Waals surface area contributed by atoms with Crippen LogP contribution in [0.3, 0.4) is 0 Å². The second kappa shape index (κ2) is 5.65. The van der Waals surface area contributed by atoms with Gasteiger partial charge in [0.2, 0.25) is 0 Å². The Kier molecular flexibility index (Phi) is 3.95. The number of para-hydroxylation sites is 1. The SMILES string of the molecule is Cc1ccc(OC(=S)N(C)c2ccccc2)cc1. The molecule has 0 unspecified atom stereocenters. The molecular weight excluding hydrogens is 242 g/mol. The lowest BCUT2D eigenvalue weighted by Crippen LogP contribution is -2.29. The molecule has 92 valence electrons. The van der Waals surface area contributed by atoms with Crippen LogP contribution in [0.4, 0.5) is 5.69 Å². The maximum absolute atomic E-state index is 5.64. The lowest BCUT2D eigenvalue weighted by Gasteiger charge is -2.19. The summed E-state index contributed by atoms with van der Waals surface area (Å²) in [6.07, 6.45) is 0. The van der Waals surface area contributed by atoms with Gasteiger partial charge in [-0.25, -0.2) is 0 Å². The van der Waals surface area contributed by atoms with E-state index in [1.807, 2.05) is 73.5 Å². The van der Waals surface area contributed by atoms with Crippen molar-refractivity contribution < 1.29 is 4.74 Å². The summed E-state index contributed by atoms with van der Waals surface area (Å²) in [7, 11) is 1.89. The van der Waals surface area contributed by atoms with Gasteiger partial charge in [-0.15, -0.1) is 0 Å². The first-order valence-electron chi connectivity index (χ1n) is 5.74. The number of aryl methyl sites for hydroxylation is 1. The number of ether oxygens (including phenoxy) is 1. The summed E-state index contributed by atoms with van der Waals surface area (Å²) in [5.41, 5.74) is 2.21. The van der Waals surface area contributed by atoms with Crippen molar-refractivity contribution in [3.63, 3.8) is 0 Å². The zero-order chi connectivity index (χ0) is 13.0. The quantitative estimate of drug-likeness (QED) is 0.759. The molecule has 2 aromatic rings. The summed E-state index contributed by atoms with van der Waals surface area (Å²) >= 11 is 5.28. The average Bonchev–Trinajstić information content (AvgIpc) is 2.41. The van der Waals surface area contributed by atoms with Gasteiger partial charge < -0.3 is 9.64 Å². The monoisotopic (exact) mass is 257 g/mol. The van der Waals surface area contributed by atoms with Gasteiger partial charge in [-0.3, -0.25) is 0 Å². The Balaban J connectivity index is 2.06. The summed E-state index contributed by atoms with van der Waals surface area (Å²) in [5.74, 6) is 0.758. The van der Waals surface area contributed by atoms with Crippen molar-refractivity contribution >= 4 is 23.1 Å². The van der Waals surface area contributed by atoms with E-state index in [4.69, 9.17) is 17.0 Å². The molecule has 0 saturated heterocycles. The van der Waals surface area contributed by atoms with E-state index in [2.05, 4.69) is 0 Å². The fourth-order valence-electron chi connectivity index (χ4n) is 1.53. The predicted octanol–water partition coefficient (Wildman–Crippen LogP) is 3.80. The number of benzene rings is 2. The predicted molar refractivity (Wildman–Crippen MR) is 79.3 cm³/mol. The molecule has 2 rings (SSSR count). The summed E-state index contributed by atoms with van der Waals surface area (Å²) in [5, 5.41) is 0.435. The van der Waals surface area contributed by atoms with Crippen LogP contribution in [0.25, 0.3) is 0 Å². The van der Waals surface area contributed by atoms with Crippen molar-refractivity contribution in [1.82, 2.24) is 0 Å². The number of thiocarbonyl (C=S) groups is 1. The molecule has 2 aromatic carbocycles. The Bertz CT molecular complexity index is 522. The van der Waals surface area contributed by atoms with Gasteiger partial charge in [0, 0.05) is 12.7 Å². The van der Waals surface area contributed by atoms with Gasteiger partial charge in [0.05, 0.1) is 0 Å². The highest BCUT2D eigenvalue weighted by Gasteiger charge is 2.08. The Labute approximate surface area is 113 Å². The highest BCUT2D eigenvalue weighted by Crippen LogP contribution is 2.16. The molecule has 0 atom stereocenters. The van der Waals surface area contributed by atoms with Crippen LogP contribution in [0.15, 0.2) is 54.6 Å². The van der Waals surface area contributed by atoms with E-state index in [9.17, 15) is 0 Å². The van der Waals surface area contributed by atoms with Gasteiger partial charge in [-0.2, -0.15) is 0 Å². The smallest absolute Gasteiger partial charge is 0.269 e. The van der Waals surface area contributed by atoms with Crippen LogP contribution in [0, 0.1) is 6.92 Å². The van der Waals surface area contributed by atoms with Crippen LogP contribution in [-0.2, 0) is 0 Å². The summed E-state index contributed by atoms with van der Waals surface area (Å²) in [6, 6.07) is 17.7. The molecule has 0 N–H and O–H groups in total. The average molecular weight is 257 g/mol. The minimum Gasteiger partial charge on any atom is -0.432 e. The van der Waals surface area contributed by atoms with E-state index < -0.39 is 0 Å². The molecular formula is C15H15NOS. The fraction of sp³-hybridized carbons (Fsp3) is 0.133. The normalized spacial score (nSPS) is 9.89. The third kappa shape index (κ3) is 3.08. The Morgan fingerprint density at radius 1 is 1.00 bits per heavy atom. The lowest BCUT2D eigenvalue weighted by molar-refractivity contribution is 0.552. The van der Waals surface area contributed by atoms with Crippen molar-refractivity contribution in [2.24, 2.45) is 0 Å². The number of hydrogen-bond acceptors (Lipinski definition) is 2. The Hall–Kier alpha value is -1.87. The first kappa shape index (κ1) is 12.6. The summed E-state index contributed by atoms with van der Waals surface area (Å²) in [4.78, 5) is 1.84.